The van der Waals surface area contributed by atoms with Crippen LogP contribution in [0.4, 0.5) is 5.69 Å². The van der Waals surface area contributed by atoms with Gasteiger partial charge in [-0.25, -0.2) is 4.90 Å². The molecule has 0 fully saturated rings. The summed E-state index contributed by atoms with van der Waals surface area (Å²) >= 11 is 1.36. The van der Waals surface area contributed by atoms with Gasteiger partial charge >= 0.3 is 0 Å². The molecule has 0 saturated carbocycles. The number of benzene rings is 3. The van der Waals surface area contributed by atoms with Crippen LogP contribution >= 0.6 is 11.8 Å². The number of imide groups is 1. The quantitative estimate of drug-likeness (QED) is 0.417. The van der Waals surface area contributed by atoms with Gasteiger partial charge in [0.15, 0.2) is 0 Å². The minimum absolute atomic E-state index is 0.355. The summed E-state index contributed by atoms with van der Waals surface area (Å²) in [6, 6.07) is 25.6. The van der Waals surface area contributed by atoms with E-state index in [-0.39, 0.29) is 11.8 Å². The van der Waals surface area contributed by atoms with Crippen LogP contribution in [0, 0.1) is 11.3 Å². The largest absolute Gasteiger partial charge is 0.494 e. The number of carbonyl (C=O) groups excluding carboxylic acids is 2. The lowest BCUT2D eigenvalue weighted by molar-refractivity contribution is -0.119. The summed E-state index contributed by atoms with van der Waals surface area (Å²) < 4.78 is 5.66. The number of thioether (sulfide) groups is 1. The van der Waals surface area contributed by atoms with E-state index in [9.17, 15) is 9.59 Å². The SMILES string of the molecule is CCCOc1ccc(C2=C(SCc3ccccc3)C(=O)N(c3ccc(C#N)cc3)C2=O)cc1. The van der Waals surface area contributed by atoms with Gasteiger partial charge in [-0.3, -0.25) is 9.59 Å². The molecular formula is C27H22N2O3S. The maximum absolute atomic E-state index is 13.5. The lowest BCUT2D eigenvalue weighted by atomic mass is 10.1. The first kappa shape index (κ1) is 22.4. The molecule has 4 rings (SSSR count). The van der Waals surface area contributed by atoms with Crippen molar-refractivity contribution in [3.63, 3.8) is 0 Å². The number of rotatable bonds is 8. The predicted octanol–water partition coefficient (Wildman–Crippen LogP) is 5.56. The molecule has 0 aliphatic carbocycles. The van der Waals surface area contributed by atoms with Crippen LogP contribution < -0.4 is 9.64 Å². The summed E-state index contributed by atoms with van der Waals surface area (Å²) in [6.07, 6.45) is 0.902. The van der Waals surface area contributed by atoms with Crippen LogP contribution in [0.25, 0.3) is 5.57 Å². The van der Waals surface area contributed by atoms with Crippen molar-refractivity contribution in [2.75, 3.05) is 11.5 Å². The molecule has 3 aromatic rings. The Kier molecular flexibility index (Phi) is 6.92. The Morgan fingerprint density at radius 1 is 0.909 bits per heavy atom. The van der Waals surface area contributed by atoms with Gasteiger partial charge < -0.3 is 4.74 Å². The van der Waals surface area contributed by atoms with E-state index in [2.05, 4.69) is 6.07 Å². The van der Waals surface area contributed by atoms with Crippen molar-refractivity contribution in [1.29, 1.82) is 5.26 Å². The third kappa shape index (κ3) is 4.84. The minimum Gasteiger partial charge on any atom is -0.494 e. The highest BCUT2D eigenvalue weighted by molar-refractivity contribution is 8.03. The van der Waals surface area contributed by atoms with Gasteiger partial charge in [-0.05, 0) is 53.9 Å². The number of hydrogen-bond acceptors (Lipinski definition) is 5. The molecule has 0 radical (unpaired) electrons. The molecule has 1 aliphatic rings. The van der Waals surface area contributed by atoms with Gasteiger partial charge in [0, 0.05) is 5.75 Å². The number of nitrogens with zero attached hydrogens (tertiary/aromatic N) is 2. The summed E-state index contributed by atoms with van der Waals surface area (Å²) in [6.45, 7) is 2.65. The molecule has 1 aliphatic heterocycles. The fraction of sp³-hybridized carbons (Fsp3) is 0.148. The van der Waals surface area contributed by atoms with E-state index >= 15 is 0 Å². The Morgan fingerprint density at radius 3 is 2.24 bits per heavy atom. The van der Waals surface area contributed by atoms with E-state index in [1.54, 1.807) is 24.3 Å². The Hall–Kier alpha value is -3.82. The normalized spacial score (nSPS) is 13.4. The molecule has 2 amide bonds. The Bertz CT molecular complexity index is 1230. The van der Waals surface area contributed by atoms with Crippen molar-refractivity contribution >= 4 is 34.8 Å². The van der Waals surface area contributed by atoms with E-state index < -0.39 is 0 Å². The first-order chi connectivity index (χ1) is 16.1. The van der Waals surface area contributed by atoms with E-state index in [4.69, 9.17) is 10.00 Å². The number of ether oxygens (including phenoxy) is 1. The third-order valence-electron chi connectivity index (χ3n) is 5.14. The standard InChI is InChI=1S/C27H22N2O3S/c1-2-16-32-23-14-10-21(11-15-23)24-25(33-18-20-6-4-3-5-7-20)27(31)29(26(24)30)22-12-8-19(17-28)9-13-22/h3-15H,2,16,18H2,1H3. The molecule has 0 aromatic heterocycles. The number of hydrogen-bond donors (Lipinski definition) is 0. The van der Waals surface area contributed by atoms with Gasteiger partial charge in [0.1, 0.15) is 5.75 Å². The van der Waals surface area contributed by atoms with Crippen LogP contribution in [0.5, 0.6) is 5.75 Å². The zero-order valence-corrected chi connectivity index (χ0v) is 19.0. The van der Waals surface area contributed by atoms with Gasteiger partial charge in [0.05, 0.1) is 34.4 Å². The van der Waals surface area contributed by atoms with Gasteiger partial charge in [-0.15, -0.1) is 11.8 Å². The zero-order chi connectivity index (χ0) is 23.2. The van der Waals surface area contributed by atoms with E-state index in [1.165, 1.54) is 16.7 Å². The summed E-state index contributed by atoms with van der Waals surface area (Å²) in [5.41, 5.74) is 3.03. The fourth-order valence-corrected chi connectivity index (χ4v) is 4.55. The van der Waals surface area contributed by atoms with Crippen LogP contribution in [-0.2, 0) is 15.3 Å². The summed E-state index contributed by atoms with van der Waals surface area (Å²) in [7, 11) is 0. The molecule has 0 spiro atoms. The van der Waals surface area contributed by atoms with Gasteiger partial charge in [0.25, 0.3) is 11.8 Å². The first-order valence-corrected chi connectivity index (χ1v) is 11.6. The number of nitriles is 1. The third-order valence-corrected chi connectivity index (χ3v) is 6.28. The molecule has 3 aromatic carbocycles. The second-order valence-electron chi connectivity index (χ2n) is 7.46. The van der Waals surface area contributed by atoms with E-state index in [0.29, 0.717) is 39.7 Å². The molecule has 0 unspecified atom stereocenters. The molecule has 5 nitrogen and oxygen atoms in total. The van der Waals surface area contributed by atoms with Crippen LogP contribution in [0.3, 0.4) is 0 Å². The Balaban J connectivity index is 1.69. The van der Waals surface area contributed by atoms with Crippen LogP contribution in [-0.4, -0.2) is 18.4 Å². The second-order valence-corrected chi connectivity index (χ2v) is 8.44. The monoisotopic (exact) mass is 454 g/mol. The molecule has 164 valence electrons. The predicted molar refractivity (Wildman–Crippen MR) is 131 cm³/mol. The molecular weight excluding hydrogens is 432 g/mol. The van der Waals surface area contributed by atoms with Crippen molar-refractivity contribution in [3.8, 4) is 11.8 Å². The molecule has 33 heavy (non-hydrogen) atoms. The van der Waals surface area contributed by atoms with Gasteiger partial charge in [-0.1, -0.05) is 49.4 Å². The van der Waals surface area contributed by atoms with Gasteiger partial charge in [0.2, 0.25) is 0 Å². The van der Waals surface area contributed by atoms with Crippen LogP contribution in [0.2, 0.25) is 0 Å². The van der Waals surface area contributed by atoms with Crippen molar-refractivity contribution in [2.45, 2.75) is 19.1 Å². The maximum Gasteiger partial charge on any atom is 0.272 e. The number of carbonyl (C=O) groups is 2. The number of amides is 2. The molecule has 1 heterocycles. The second kappa shape index (κ2) is 10.2. The summed E-state index contributed by atoms with van der Waals surface area (Å²) in [5.74, 6) is 0.562. The molecule has 0 atom stereocenters. The van der Waals surface area contributed by atoms with Gasteiger partial charge in [-0.2, -0.15) is 5.26 Å². The lowest BCUT2D eigenvalue weighted by Crippen LogP contribution is -2.31. The number of anilines is 1. The van der Waals surface area contributed by atoms with Crippen LogP contribution in [0.15, 0.2) is 83.8 Å². The molecule has 6 heteroatoms. The average Bonchev–Trinajstić information content (AvgIpc) is 3.11. The minimum atomic E-state index is -0.373. The molecule has 0 bridgehead atoms. The highest BCUT2D eigenvalue weighted by atomic mass is 32.2. The Labute approximate surface area is 197 Å². The van der Waals surface area contributed by atoms with E-state index in [0.717, 1.165) is 17.7 Å². The first-order valence-electron chi connectivity index (χ1n) is 10.7. The highest BCUT2D eigenvalue weighted by Gasteiger charge is 2.40. The van der Waals surface area contributed by atoms with Crippen LogP contribution in [0.1, 0.15) is 30.0 Å². The lowest BCUT2D eigenvalue weighted by Gasteiger charge is -2.15. The average molecular weight is 455 g/mol. The molecule has 0 saturated heterocycles. The van der Waals surface area contributed by atoms with E-state index in [1.807, 2.05) is 61.5 Å². The fourth-order valence-electron chi connectivity index (χ4n) is 3.49. The Morgan fingerprint density at radius 2 is 1.61 bits per heavy atom. The summed E-state index contributed by atoms with van der Waals surface area (Å²) in [5, 5.41) is 9.07. The molecule has 0 N–H and O–H groups in total. The smallest absolute Gasteiger partial charge is 0.272 e. The van der Waals surface area contributed by atoms with Crippen molar-refractivity contribution in [1.82, 2.24) is 0 Å². The highest BCUT2D eigenvalue weighted by Crippen LogP contribution is 2.40. The van der Waals surface area contributed by atoms with Crippen molar-refractivity contribution in [2.24, 2.45) is 0 Å². The topological polar surface area (TPSA) is 70.4 Å². The zero-order valence-electron chi connectivity index (χ0n) is 18.2. The van der Waals surface area contributed by atoms with Crippen molar-refractivity contribution < 1.29 is 14.3 Å². The van der Waals surface area contributed by atoms with Crippen molar-refractivity contribution in [3.05, 3.63) is 100 Å². The maximum atomic E-state index is 13.5. The summed E-state index contributed by atoms with van der Waals surface area (Å²) in [4.78, 5) is 28.5.